The van der Waals surface area contributed by atoms with Crippen molar-refractivity contribution >= 4 is 24.1 Å². The van der Waals surface area contributed by atoms with Gasteiger partial charge in [-0.1, -0.05) is 0 Å². The lowest BCUT2D eigenvalue weighted by atomic mass is 9.97. The number of phenols is 2. The Morgan fingerprint density at radius 2 is 1.16 bits per heavy atom. The molecule has 0 bridgehead atoms. The summed E-state index contributed by atoms with van der Waals surface area (Å²) in [4.78, 5) is 25.0. The van der Waals surface area contributed by atoms with E-state index in [9.17, 15) is 60.7 Å². The molecule has 20 heteroatoms. The Hall–Kier alpha value is -4.42. The molecule has 2 unspecified atom stereocenters. The molecule has 5 rings (SSSR count). The Labute approximate surface area is 312 Å². The van der Waals surface area contributed by atoms with E-state index in [-0.39, 0.29) is 34.8 Å². The Morgan fingerprint density at radius 3 is 1.64 bits per heavy atom. The number of carbonyl (C=O) groups is 2. The summed E-state index contributed by atoms with van der Waals surface area (Å²) in [7, 11) is 2.55. The molecule has 3 aliphatic heterocycles. The number of aromatic hydroxyl groups is 2. The predicted molar refractivity (Wildman–Crippen MR) is 181 cm³/mol. The van der Waals surface area contributed by atoms with Crippen LogP contribution in [0.2, 0.25) is 0 Å². The van der Waals surface area contributed by atoms with Crippen LogP contribution in [0.15, 0.2) is 36.4 Å². The minimum absolute atomic E-state index is 0.0158. The zero-order chi connectivity index (χ0) is 40.1. The van der Waals surface area contributed by atoms with Crippen molar-refractivity contribution in [1.29, 1.82) is 0 Å². The standard InChI is InChI=1S/C35H42O20/c1-48-19-9-14(3-5-23(37)50-12-21-28(42)30(44)33(46)53-21)7-16(25(19)39)17-8-15(10-20(49-2)26(17)40)4-6-24(38)51-13-22-29(43)32(34(47)54-22)55-35-31(45)27(41)18(36)11-52-35/h3-10,18,21-22,27-36,39-47H,11-13H2,1-2H3/b5-3+,6-4+/t18-,21+,22+,27+,28+,29+,30-,31-,32-,33?,34?,35+/m1/s1. The largest absolute Gasteiger partial charge is 0.504 e. The van der Waals surface area contributed by atoms with Gasteiger partial charge in [0, 0.05) is 23.3 Å². The highest BCUT2D eigenvalue weighted by Crippen LogP contribution is 2.46. The van der Waals surface area contributed by atoms with Gasteiger partial charge in [-0.2, -0.15) is 0 Å². The molecule has 0 aliphatic carbocycles. The molecule has 55 heavy (non-hydrogen) atoms. The fraction of sp³-hybridized carbons (Fsp3) is 0.486. The van der Waals surface area contributed by atoms with Gasteiger partial charge in [-0.3, -0.25) is 0 Å². The van der Waals surface area contributed by atoms with E-state index in [1.165, 1.54) is 50.6 Å². The van der Waals surface area contributed by atoms with Gasteiger partial charge in [0.1, 0.15) is 68.1 Å². The molecule has 0 amide bonds. The van der Waals surface area contributed by atoms with Gasteiger partial charge in [0.25, 0.3) is 0 Å². The highest BCUT2D eigenvalue weighted by Gasteiger charge is 2.48. The van der Waals surface area contributed by atoms with Crippen molar-refractivity contribution in [2.75, 3.05) is 34.0 Å². The lowest BCUT2D eigenvalue weighted by Gasteiger charge is -2.36. The molecule has 3 aliphatic rings. The number of carbonyl (C=O) groups excluding carboxylic acids is 2. The summed E-state index contributed by atoms with van der Waals surface area (Å²) in [5.41, 5.74) is 0.601. The number of phenolic OH excluding ortho intramolecular Hbond substituents is 2. The van der Waals surface area contributed by atoms with Crippen LogP contribution in [0.5, 0.6) is 23.0 Å². The van der Waals surface area contributed by atoms with Crippen LogP contribution in [-0.4, -0.2) is 171 Å². The average molecular weight is 783 g/mol. The van der Waals surface area contributed by atoms with Gasteiger partial charge in [0.15, 0.2) is 41.9 Å². The van der Waals surface area contributed by atoms with Gasteiger partial charge in [0.05, 0.1) is 20.8 Å². The fourth-order valence-electron chi connectivity index (χ4n) is 5.85. The predicted octanol–water partition coefficient (Wildman–Crippen LogP) is -2.76. The lowest BCUT2D eigenvalue weighted by molar-refractivity contribution is -0.299. The van der Waals surface area contributed by atoms with Crippen LogP contribution in [0.1, 0.15) is 11.1 Å². The van der Waals surface area contributed by atoms with Crippen molar-refractivity contribution in [3.8, 4) is 34.1 Å². The Kier molecular flexibility index (Phi) is 13.7. The summed E-state index contributed by atoms with van der Waals surface area (Å²) in [5, 5.41) is 101. The fourth-order valence-corrected chi connectivity index (χ4v) is 5.85. The molecule has 3 heterocycles. The molecule has 12 atom stereocenters. The van der Waals surface area contributed by atoms with Gasteiger partial charge < -0.3 is 89.0 Å². The van der Waals surface area contributed by atoms with Gasteiger partial charge in [-0.05, 0) is 47.5 Å². The molecular weight excluding hydrogens is 740 g/mol. The van der Waals surface area contributed by atoms with Crippen LogP contribution in [0.4, 0.5) is 0 Å². The van der Waals surface area contributed by atoms with Crippen LogP contribution in [0.25, 0.3) is 23.3 Å². The first-order valence-corrected chi connectivity index (χ1v) is 16.7. The zero-order valence-electron chi connectivity index (χ0n) is 29.2. The van der Waals surface area contributed by atoms with Crippen LogP contribution < -0.4 is 9.47 Å². The normalized spacial score (nSPS) is 32.3. The maximum atomic E-state index is 12.7. The first kappa shape index (κ1) is 41.7. The first-order valence-electron chi connectivity index (χ1n) is 16.7. The highest BCUT2D eigenvalue weighted by atomic mass is 16.7. The number of aliphatic hydroxyl groups is 8. The van der Waals surface area contributed by atoms with Gasteiger partial charge in [-0.15, -0.1) is 0 Å². The second kappa shape index (κ2) is 18.0. The maximum Gasteiger partial charge on any atom is 0.330 e. The Morgan fingerprint density at radius 1 is 0.673 bits per heavy atom. The molecule has 20 nitrogen and oxygen atoms in total. The van der Waals surface area contributed by atoms with Gasteiger partial charge in [-0.25, -0.2) is 9.59 Å². The second-order valence-corrected chi connectivity index (χ2v) is 12.6. The minimum Gasteiger partial charge on any atom is -0.504 e. The third-order valence-electron chi connectivity index (χ3n) is 8.92. The second-order valence-electron chi connectivity index (χ2n) is 12.6. The molecule has 3 saturated heterocycles. The van der Waals surface area contributed by atoms with E-state index in [2.05, 4.69) is 0 Å². The summed E-state index contributed by atoms with van der Waals surface area (Å²) < 4.78 is 41.5. The van der Waals surface area contributed by atoms with Crippen LogP contribution in [-0.2, 0) is 38.0 Å². The van der Waals surface area contributed by atoms with Crippen LogP contribution in [0.3, 0.4) is 0 Å². The number of hydrogen-bond donors (Lipinski definition) is 10. The topological polar surface area (TPSA) is 310 Å². The molecule has 3 fully saturated rings. The summed E-state index contributed by atoms with van der Waals surface area (Å²) in [6.07, 6.45) is -13.4. The molecule has 2 aromatic rings. The number of hydrogen-bond acceptors (Lipinski definition) is 20. The van der Waals surface area contributed by atoms with E-state index in [0.717, 1.165) is 12.2 Å². The lowest BCUT2D eigenvalue weighted by Crippen LogP contribution is -2.55. The minimum atomic E-state index is -1.73. The SMILES string of the molecule is COc1cc(/C=C/C(=O)OC[C@@H]2OC(O)[C@H](O)[C@H]2O)cc(-c2cc(/C=C/C(=O)OC[C@@H]3OC(O)[C@H](O[C@@H]4OC[C@@H](O)[C@H](O)[C@H]4O)[C@H]3O)cc(OC)c2O)c1O. The molecule has 10 N–H and O–H groups in total. The van der Waals surface area contributed by atoms with Crippen molar-refractivity contribution in [3.05, 3.63) is 47.5 Å². The van der Waals surface area contributed by atoms with E-state index >= 15 is 0 Å². The third-order valence-corrected chi connectivity index (χ3v) is 8.92. The molecule has 0 spiro atoms. The number of esters is 2. The van der Waals surface area contributed by atoms with Gasteiger partial charge in [0.2, 0.25) is 0 Å². The first-order chi connectivity index (χ1) is 26.1. The molecule has 0 radical (unpaired) electrons. The maximum absolute atomic E-state index is 12.7. The van der Waals surface area contributed by atoms with Crippen LogP contribution >= 0.6 is 0 Å². The molecule has 302 valence electrons. The van der Waals surface area contributed by atoms with E-state index in [1.54, 1.807) is 0 Å². The summed E-state index contributed by atoms with van der Waals surface area (Å²) in [6.45, 7) is -1.40. The quantitative estimate of drug-likeness (QED) is 0.0727. The molecule has 0 saturated carbocycles. The van der Waals surface area contributed by atoms with Crippen molar-refractivity contribution < 1.29 is 98.5 Å². The Balaban J connectivity index is 1.25. The van der Waals surface area contributed by atoms with E-state index in [1.807, 2.05) is 0 Å². The monoisotopic (exact) mass is 782 g/mol. The summed E-state index contributed by atoms with van der Waals surface area (Å²) >= 11 is 0. The van der Waals surface area contributed by atoms with Crippen molar-refractivity contribution in [2.45, 2.75) is 73.8 Å². The van der Waals surface area contributed by atoms with E-state index in [4.69, 9.17) is 37.9 Å². The third kappa shape index (κ3) is 9.52. The van der Waals surface area contributed by atoms with Crippen molar-refractivity contribution in [2.24, 2.45) is 0 Å². The Bertz CT molecular complexity index is 1730. The van der Waals surface area contributed by atoms with Crippen LogP contribution in [0, 0.1) is 0 Å². The number of ether oxygens (including phenoxy) is 8. The summed E-state index contributed by atoms with van der Waals surface area (Å²) in [5.74, 6) is -2.71. The average Bonchev–Trinajstić information content (AvgIpc) is 3.58. The van der Waals surface area contributed by atoms with E-state index < -0.39 is 110 Å². The van der Waals surface area contributed by atoms with Crippen molar-refractivity contribution in [1.82, 2.24) is 0 Å². The zero-order valence-corrected chi connectivity index (χ0v) is 29.2. The number of aliphatic hydroxyl groups excluding tert-OH is 8. The van der Waals surface area contributed by atoms with Gasteiger partial charge >= 0.3 is 11.9 Å². The molecule has 2 aromatic carbocycles. The number of methoxy groups -OCH3 is 2. The highest BCUT2D eigenvalue weighted by molar-refractivity contribution is 5.90. The van der Waals surface area contributed by atoms with E-state index in [0.29, 0.717) is 5.56 Å². The number of rotatable bonds is 13. The smallest absolute Gasteiger partial charge is 0.330 e. The molecule has 0 aromatic heterocycles. The van der Waals surface area contributed by atoms with Crippen molar-refractivity contribution in [3.63, 3.8) is 0 Å². The molecular formula is C35H42O20. The summed E-state index contributed by atoms with van der Waals surface area (Å²) in [6, 6.07) is 5.56. The number of benzene rings is 2.